The van der Waals surface area contributed by atoms with Crippen molar-refractivity contribution in [2.75, 3.05) is 6.61 Å². The number of hydrogen-bond donors (Lipinski definition) is 1. The maximum atomic E-state index is 12.3. The monoisotopic (exact) mass is 488 g/mol. The third kappa shape index (κ3) is 5.84. The summed E-state index contributed by atoms with van der Waals surface area (Å²) >= 11 is 3.50. The molecule has 0 aliphatic carbocycles. The summed E-state index contributed by atoms with van der Waals surface area (Å²) in [6.07, 6.45) is 1.41. The van der Waals surface area contributed by atoms with Gasteiger partial charge in [-0.15, -0.1) is 0 Å². The van der Waals surface area contributed by atoms with Crippen molar-refractivity contribution in [2.45, 2.75) is 18.4 Å². The highest BCUT2D eigenvalue weighted by molar-refractivity contribution is 9.10. The predicted molar refractivity (Wildman–Crippen MR) is 120 cm³/mol. The molecule has 0 amide bonds. The second kappa shape index (κ2) is 10.3. The van der Waals surface area contributed by atoms with Gasteiger partial charge in [-0.05, 0) is 58.2 Å². The van der Waals surface area contributed by atoms with Gasteiger partial charge in [0, 0.05) is 0 Å². The maximum absolute atomic E-state index is 12.3. The normalized spacial score (nSPS) is 11.4. The van der Waals surface area contributed by atoms with Crippen molar-refractivity contribution in [1.82, 2.24) is 4.83 Å². The highest BCUT2D eigenvalue weighted by atomic mass is 79.9. The van der Waals surface area contributed by atoms with Crippen LogP contribution in [0.1, 0.15) is 18.1 Å². The van der Waals surface area contributed by atoms with E-state index in [-0.39, 0.29) is 4.90 Å². The molecule has 0 spiro atoms. The van der Waals surface area contributed by atoms with Gasteiger partial charge < -0.3 is 9.47 Å². The lowest BCUT2D eigenvalue weighted by Gasteiger charge is -2.14. The molecule has 0 aliphatic heterocycles. The molecule has 0 heterocycles. The first-order valence-corrected chi connectivity index (χ1v) is 11.5. The summed E-state index contributed by atoms with van der Waals surface area (Å²) in [5.41, 5.74) is 1.68. The van der Waals surface area contributed by atoms with E-state index < -0.39 is 10.0 Å². The van der Waals surface area contributed by atoms with E-state index in [0.29, 0.717) is 34.7 Å². The summed E-state index contributed by atoms with van der Waals surface area (Å²) in [5, 5.41) is 3.88. The minimum Gasteiger partial charge on any atom is -0.490 e. The van der Waals surface area contributed by atoms with Gasteiger partial charge in [0.05, 0.1) is 22.2 Å². The standard InChI is InChI=1S/C22H21BrN2O4S/c1-2-28-21-14-18(15-24-25-30(26,27)19-11-7-4-8-12-19)13-20(23)22(21)29-16-17-9-5-3-6-10-17/h3-15,25H,2,16H2,1H3/b24-15+. The van der Waals surface area contributed by atoms with Crippen molar-refractivity contribution >= 4 is 32.2 Å². The molecule has 8 heteroatoms. The average Bonchev–Trinajstić information content (AvgIpc) is 2.75. The largest absolute Gasteiger partial charge is 0.490 e. The molecular formula is C22H21BrN2O4S. The van der Waals surface area contributed by atoms with Crippen LogP contribution in [-0.2, 0) is 16.6 Å². The minimum absolute atomic E-state index is 0.142. The Morgan fingerprint density at radius 3 is 2.33 bits per heavy atom. The van der Waals surface area contributed by atoms with Crippen LogP contribution in [0.4, 0.5) is 0 Å². The zero-order valence-electron chi connectivity index (χ0n) is 16.3. The van der Waals surface area contributed by atoms with E-state index in [4.69, 9.17) is 9.47 Å². The lowest BCUT2D eigenvalue weighted by Crippen LogP contribution is -2.18. The van der Waals surface area contributed by atoms with Gasteiger partial charge in [-0.3, -0.25) is 0 Å². The van der Waals surface area contributed by atoms with E-state index in [9.17, 15) is 8.42 Å². The minimum atomic E-state index is -3.72. The Morgan fingerprint density at radius 1 is 1.00 bits per heavy atom. The van der Waals surface area contributed by atoms with Crippen molar-refractivity contribution in [2.24, 2.45) is 5.10 Å². The molecule has 0 unspecified atom stereocenters. The van der Waals surface area contributed by atoms with Gasteiger partial charge in [-0.2, -0.15) is 13.5 Å². The van der Waals surface area contributed by atoms with Crippen LogP contribution in [-0.4, -0.2) is 21.2 Å². The smallest absolute Gasteiger partial charge is 0.276 e. The molecule has 3 rings (SSSR count). The molecule has 0 bridgehead atoms. The first-order valence-electron chi connectivity index (χ1n) is 9.22. The maximum Gasteiger partial charge on any atom is 0.276 e. The van der Waals surface area contributed by atoms with Gasteiger partial charge >= 0.3 is 0 Å². The van der Waals surface area contributed by atoms with Crippen molar-refractivity contribution in [3.05, 3.63) is 88.4 Å². The molecule has 0 atom stereocenters. The zero-order chi connectivity index (χ0) is 21.4. The summed E-state index contributed by atoms with van der Waals surface area (Å²) in [4.78, 5) is 2.35. The van der Waals surface area contributed by atoms with Gasteiger partial charge in [-0.1, -0.05) is 48.5 Å². The number of sulfonamides is 1. The van der Waals surface area contributed by atoms with Gasteiger partial charge in [0.25, 0.3) is 10.0 Å². The molecule has 30 heavy (non-hydrogen) atoms. The number of halogens is 1. The Labute approximate surface area is 184 Å². The Balaban J connectivity index is 1.76. The van der Waals surface area contributed by atoms with Gasteiger partial charge in [-0.25, -0.2) is 4.83 Å². The number of hydrazone groups is 1. The fraction of sp³-hybridized carbons (Fsp3) is 0.136. The molecule has 0 saturated heterocycles. The Kier molecular flexibility index (Phi) is 7.48. The zero-order valence-corrected chi connectivity index (χ0v) is 18.7. The molecule has 1 N–H and O–H groups in total. The third-order valence-electron chi connectivity index (χ3n) is 4.00. The number of nitrogens with zero attached hydrogens (tertiary/aromatic N) is 1. The SMILES string of the molecule is CCOc1cc(/C=N/NS(=O)(=O)c2ccccc2)cc(Br)c1OCc1ccccc1. The number of hydrogen-bond acceptors (Lipinski definition) is 5. The summed E-state index contributed by atoms with van der Waals surface area (Å²) < 4.78 is 36.8. The summed E-state index contributed by atoms with van der Waals surface area (Å²) in [5.74, 6) is 1.11. The van der Waals surface area contributed by atoms with E-state index in [0.717, 1.165) is 5.56 Å². The second-order valence-electron chi connectivity index (χ2n) is 6.20. The molecule has 0 aromatic heterocycles. The van der Waals surface area contributed by atoms with Gasteiger partial charge in [0.15, 0.2) is 11.5 Å². The average molecular weight is 489 g/mol. The Bertz CT molecular complexity index is 1100. The van der Waals surface area contributed by atoms with Crippen LogP contribution in [0.15, 0.2) is 87.3 Å². The molecular weight excluding hydrogens is 468 g/mol. The summed E-state index contributed by atoms with van der Waals surface area (Å²) in [6, 6.07) is 21.4. The topological polar surface area (TPSA) is 77.0 Å². The van der Waals surface area contributed by atoms with Crippen LogP contribution in [0.5, 0.6) is 11.5 Å². The number of nitrogens with one attached hydrogen (secondary N) is 1. The van der Waals surface area contributed by atoms with Gasteiger partial charge in [0.1, 0.15) is 6.61 Å². The molecule has 3 aromatic carbocycles. The molecule has 3 aromatic rings. The molecule has 0 saturated carbocycles. The van der Waals surface area contributed by atoms with Crippen LogP contribution in [0.3, 0.4) is 0 Å². The van der Waals surface area contributed by atoms with Gasteiger partial charge in [0.2, 0.25) is 0 Å². The highest BCUT2D eigenvalue weighted by Crippen LogP contribution is 2.37. The second-order valence-corrected chi connectivity index (χ2v) is 8.72. The van der Waals surface area contributed by atoms with Crippen molar-refractivity contribution < 1.29 is 17.9 Å². The van der Waals surface area contributed by atoms with E-state index in [2.05, 4.69) is 25.9 Å². The lowest BCUT2D eigenvalue weighted by molar-refractivity contribution is 0.267. The quantitative estimate of drug-likeness (QED) is 0.348. The molecule has 156 valence electrons. The van der Waals surface area contributed by atoms with Crippen molar-refractivity contribution in [3.63, 3.8) is 0 Å². The molecule has 0 fully saturated rings. The molecule has 6 nitrogen and oxygen atoms in total. The predicted octanol–water partition coefficient (Wildman–Crippen LogP) is 4.74. The van der Waals surface area contributed by atoms with E-state index in [1.165, 1.54) is 18.3 Å². The highest BCUT2D eigenvalue weighted by Gasteiger charge is 2.13. The number of rotatable bonds is 9. The van der Waals surface area contributed by atoms with Crippen LogP contribution >= 0.6 is 15.9 Å². The first-order chi connectivity index (χ1) is 14.5. The van der Waals surface area contributed by atoms with Crippen LogP contribution in [0, 0.1) is 0 Å². The Hall–Kier alpha value is -2.84. The van der Waals surface area contributed by atoms with E-state index in [1.807, 2.05) is 37.3 Å². The van der Waals surface area contributed by atoms with Crippen molar-refractivity contribution in [1.29, 1.82) is 0 Å². The van der Waals surface area contributed by atoms with E-state index in [1.54, 1.807) is 30.3 Å². The van der Waals surface area contributed by atoms with E-state index >= 15 is 0 Å². The molecule has 0 radical (unpaired) electrons. The Morgan fingerprint density at radius 2 is 1.67 bits per heavy atom. The van der Waals surface area contributed by atoms with Crippen LogP contribution < -0.4 is 14.3 Å². The first kappa shape index (κ1) is 21.9. The fourth-order valence-corrected chi connectivity index (χ4v) is 4.00. The number of benzene rings is 3. The van der Waals surface area contributed by atoms with Crippen LogP contribution in [0.25, 0.3) is 0 Å². The lowest BCUT2D eigenvalue weighted by atomic mass is 10.2. The fourth-order valence-electron chi connectivity index (χ4n) is 2.62. The third-order valence-corrected chi connectivity index (χ3v) is 5.83. The number of ether oxygens (including phenoxy) is 2. The molecule has 0 aliphatic rings. The summed E-state index contributed by atoms with van der Waals surface area (Å²) in [7, 11) is -3.72. The van der Waals surface area contributed by atoms with Crippen molar-refractivity contribution in [3.8, 4) is 11.5 Å². The summed E-state index contributed by atoms with van der Waals surface area (Å²) in [6.45, 7) is 2.73. The van der Waals surface area contributed by atoms with Crippen LogP contribution in [0.2, 0.25) is 0 Å².